The van der Waals surface area contributed by atoms with Crippen molar-refractivity contribution in [2.75, 3.05) is 24.6 Å². The van der Waals surface area contributed by atoms with Crippen LogP contribution in [0.2, 0.25) is 5.15 Å². The third-order valence-corrected chi connectivity index (χ3v) is 2.78. The van der Waals surface area contributed by atoms with Crippen molar-refractivity contribution < 1.29 is 4.74 Å². The molecule has 2 atom stereocenters. The van der Waals surface area contributed by atoms with Crippen LogP contribution in [0.1, 0.15) is 6.92 Å². The lowest BCUT2D eigenvalue weighted by Crippen LogP contribution is -2.49. The van der Waals surface area contributed by atoms with Gasteiger partial charge in [0.2, 0.25) is 0 Å². The van der Waals surface area contributed by atoms with Crippen LogP contribution in [0.3, 0.4) is 0 Å². The summed E-state index contributed by atoms with van der Waals surface area (Å²) in [5.41, 5.74) is 5.82. The minimum absolute atomic E-state index is 0.00921. The van der Waals surface area contributed by atoms with Crippen molar-refractivity contribution in [2.24, 2.45) is 5.73 Å². The van der Waals surface area contributed by atoms with Crippen LogP contribution in [0, 0.1) is 0 Å². The predicted molar refractivity (Wildman–Crippen MR) is 62.6 cm³/mol. The molecule has 2 rings (SSSR count). The van der Waals surface area contributed by atoms with Crippen LogP contribution in [-0.2, 0) is 4.74 Å². The summed E-state index contributed by atoms with van der Waals surface area (Å²) in [5, 5.41) is 0.404. The number of nitrogens with zero attached hydrogens (tertiary/aromatic N) is 3. The second kappa shape index (κ2) is 4.95. The van der Waals surface area contributed by atoms with Crippen LogP contribution < -0.4 is 10.6 Å². The lowest BCUT2D eigenvalue weighted by Gasteiger charge is -2.35. The van der Waals surface area contributed by atoms with Gasteiger partial charge >= 0.3 is 0 Å². The average molecular weight is 243 g/mol. The second-order valence-corrected chi connectivity index (χ2v) is 4.30. The van der Waals surface area contributed by atoms with Crippen LogP contribution in [-0.4, -0.2) is 41.8 Å². The maximum Gasteiger partial charge on any atom is 0.149 e. The van der Waals surface area contributed by atoms with Crippen molar-refractivity contribution in [3.63, 3.8) is 0 Å². The number of morpholine rings is 1. The van der Waals surface area contributed by atoms with Gasteiger partial charge in [0.1, 0.15) is 11.0 Å². The highest BCUT2D eigenvalue weighted by molar-refractivity contribution is 6.29. The van der Waals surface area contributed by atoms with E-state index < -0.39 is 0 Å². The van der Waals surface area contributed by atoms with Gasteiger partial charge in [-0.25, -0.2) is 4.98 Å². The zero-order valence-corrected chi connectivity index (χ0v) is 9.89. The third-order valence-electron chi connectivity index (χ3n) is 2.60. The Kier molecular flexibility index (Phi) is 3.58. The van der Waals surface area contributed by atoms with Gasteiger partial charge in [-0.3, -0.25) is 4.98 Å². The van der Waals surface area contributed by atoms with E-state index >= 15 is 0 Å². The largest absolute Gasteiger partial charge is 0.373 e. The molecule has 88 valence electrons. The van der Waals surface area contributed by atoms with E-state index in [0.717, 1.165) is 18.9 Å². The topological polar surface area (TPSA) is 64.3 Å². The Hall–Kier alpha value is -0.910. The number of aromatic nitrogens is 2. The standard InChI is InChI=1S/C10H15ClN4O/c1-7(12)8-6-15(2-3-16-8)10-5-13-4-9(11)14-10/h4-5,7-8H,2-3,6,12H2,1H3. The molecule has 0 saturated carbocycles. The molecule has 0 spiro atoms. The summed E-state index contributed by atoms with van der Waals surface area (Å²) in [7, 11) is 0. The van der Waals surface area contributed by atoms with Crippen molar-refractivity contribution in [3.05, 3.63) is 17.5 Å². The van der Waals surface area contributed by atoms with Crippen LogP contribution in [0.5, 0.6) is 0 Å². The Bertz CT molecular complexity index is 360. The molecule has 0 amide bonds. The molecule has 16 heavy (non-hydrogen) atoms. The highest BCUT2D eigenvalue weighted by atomic mass is 35.5. The summed E-state index contributed by atoms with van der Waals surface area (Å²) >= 11 is 5.81. The highest BCUT2D eigenvalue weighted by Gasteiger charge is 2.24. The van der Waals surface area contributed by atoms with Crippen LogP contribution >= 0.6 is 11.6 Å². The first-order chi connectivity index (χ1) is 7.66. The fourth-order valence-corrected chi connectivity index (χ4v) is 1.83. The van der Waals surface area contributed by atoms with E-state index in [2.05, 4.69) is 14.9 Å². The molecule has 1 saturated heterocycles. The molecule has 0 aliphatic carbocycles. The van der Waals surface area contributed by atoms with Gasteiger partial charge in [0.05, 0.1) is 25.1 Å². The van der Waals surface area contributed by atoms with E-state index in [-0.39, 0.29) is 12.1 Å². The minimum atomic E-state index is 0.00921. The highest BCUT2D eigenvalue weighted by Crippen LogP contribution is 2.17. The molecule has 1 aliphatic rings. The minimum Gasteiger partial charge on any atom is -0.373 e. The molecule has 2 N–H and O–H groups in total. The fourth-order valence-electron chi connectivity index (χ4n) is 1.69. The summed E-state index contributed by atoms with van der Waals surface area (Å²) in [5.74, 6) is 0.779. The van der Waals surface area contributed by atoms with Gasteiger partial charge in [0.15, 0.2) is 0 Å². The molecular weight excluding hydrogens is 228 g/mol. The molecule has 0 bridgehead atoms. The SMILES string of the molecule is CC(N)C1CN(c2cncc(Cl)n2)CCO1. The van der Waals surface area contributed by atoms with E-state index in [1.54, 1.807) is 6.20 Å². The molecule has 0 radical (unpaired) electrons. The van der Waals surface area contributed by atoms with Gasteiger partial charge in [0, 0.05) is 19.1 Å². The van der Waals surface area contributed by atoms with E-state index in [1.165, 1.54) is 6.20 Å². The first kappa shape index (κ1) is 11.6. The van der Waals surface area contributed by atoms with Crippen molar-refractivity contribution in [3.8, 4) is 0 Å². The zero-order chi connectivity index (χ0) is 11.5. The van der Waals surface area contributed by atoms with Crippen LogP contribution in [0.4, 0.5) is 5.82 Å². The molecule has 6 heteroatoms. The summed E-state index contributed by atoms with van der Waals surface area (Å²) in [6.07, 6.45) is 3.26. The number of anilines is 1. The van der Waals surface area contributed by atoms with E-state index in [9.17, 15) is 0 Å². The van der Waals surface area contributed by atoms with Crippen molar-refractivity contribution >= 4 is 17.4 Å². The number of hydrogen-bond donors (Lipinski definition) is 1. The summed E-state index contributed by atoms with van der Waals surface area (Å²) in [6.45, 7) is 4.11. The Balaban J connectivity index is 2.09. The Morgan fingerprint density at radius 1 is 1.62 bits per heavy atom. The van der Waals surface area contributed by atoms with Crippen LogP contribution in [0.15, 0.2) is 12.4 Å². The Morgan fingerprint density at radius 3 is 3.12 bits per heavy atom. The van der Waals surface area contributed by atoms with Gasteiger partial charge in [-0.05, 0) is 6.92 Å². The molecule has 1 fully saturated rings. The van der Waals surface area contributed by atoms with E-state index in [4.69, 9.17) is 22.1 Å². The van der Waals surface area contributed by atoms with Crippen molar-refractivity contribution in [1.29, 1.82) is 0 Å². The molecule has 1 aromatic rings. The van der Waals surface area contributed by atoms with Crippen molar-refractivity contribution in [1.82, 2.24) is 9.97 Å². The van der Waals surface area contributed by atoms with Gasteiger partial charge in [0.25, 0.3) is 0 Å². The molecule has 2 unspecified atom stereocenters. The Morgan fingerprint density at radius 2 is 2.44 bits per heavy atom. The lowest BCUT2D eigenvalue weighted by atomic mass is 10.1. The monoisotopic (exact) mass is 242 g/mol. The van der Waals surface area contributed by atoms with E-state index in [1.807, 2.05) is 6.92 Å². The number of nitrogens with two attached hydrogens (primary N) is 1. The van der Waals surface area contributed by atoms with Gasteiger partial charge in [-0.15, -0.1) is 0 Å². The lowest BCUT2D eigenvalue weighted by molar-refractivity contribution is 0.0273. The number of hydrogen-bond acceptors (Lipinski definition) is 5. The number of halogens is 1. The van der Waals surface area contributed by atoms with E-state index in [0.29, 0.717) is 11.8 Å². The number of ether oxygens (including phenoxy) is 1. The second-order valence-electron chi connectivity index (χ2n) is 3.91. The average Bonchev–Trinajstić information content (AvgIpc) is 2.29. The number of rotatable bonds is 2. The molecule has 1 aliphatic heterocycles. The molecule has 1 aromatic heterocycles. The first-order valence-electron chi connectivity index (χ1n) is 5.26. The smallest absolute Gasteiger partial charge is 0.149 e. The zero-order valence-electron chi connectivity index (χ0n) is 9.14. The molecule has 0 aromatic carbocycles. The maximum atomic E-state index is 5.82. The fraction of sp³-hybridized carbons (Fsp3) is 0.600. The predicted octanol–water partition coefficient (Wildman–Crippen LogP) is 0.682. The quantitative estimate of drug-likeness (QED) is 0.827. The van der Waals surface area contributed by atoms with Crippen LogP contribution in [0.25, 0.3) is 0 Å². The molecule has 5 nitrogen and oxygen atoms in total. The van der Waals surface area contributed by atoms with Gasteiger partial charge in [-0.2, -0.15) is 0 Å². The normalized spacial score (nSPS) is 23.2. The maximum absolute atomic E-state index is 5.82. The van der Waals surface area contributed by atoms with Crippen molar-refractivity contribution in [2.45, 2.75) is 19.1 Å². The molecule has 2 heterocycles. The third kappa shape index (κ3) is 2.61. The Labute approximate surface area is 99.6 Å². The summed E-state index contributed by atoms with van der Waals surface area (Å²) < 4.78 is 5.57. The summed E-state index contributed by atoms with van der Waals surface area (Å²) in [4.78, 5) is 10.3. The first-order valence-corrected chi connectivity index (χ1v) is 5.64. The molecular formula is C10H15ClN4O. The summed E-state index contributed by atoms with van der Waals surface area (Å²) in [6, 6.07) is 0.00921. The van der Waals surface area contributed by atoms with Gasteiger partial charge in [-0.1, -0.05) is 11.6 Å². The van der Waals surface area contributed by atoms with Gasteiger partial charge < -0.3 is 15.4 Å².